The molecule has 1 atom stereocenters. The predicted molar refractivity (Wildman–Crippen MR) is 108 cm³/mol. The van der Waals surface area contributed by atoms with Crippen LogP contribution < -0.4 is 10.5 Å². The largest absolute Gasteiger partial charge is 0.494 e. The number of hydrogen-bond acceptors (Lipinski definition) is 5. The molecule has 1 aromatic heterocycles. The molecule has 1 heterocycles. The Morgan fingerprint density at radius 1 is 1.18 bits per heavy atom. The Kier molecular flexibility index (Phi) is 8.22. The summed E-state index contributed by atoms with van der Waals surface area (Å²) in [6.45, 7) is 4.13. The Balaban J connectivity index is 1.91. The van der Waals surface area contributed by atoms with E-state index < -0.39 is 13.4 Å². The third-order valence-electron chi connectivity index (χ3n) is 4.33. The molecule has 0 aliphatic heterocycles. The number of nitrogens with zero attached hydrogens (tertiary/aromatic N) is 1. The van der Waals surface area contributed by atoms with Crippen molar-refractivity contribution in [2.24, 2.45) is 5.73 Å². The molecule has 0 aliphatic carbocycles. The first-order chi connectivity index (χ1) is 13.2. The smallest absolute Gasteiger partial charge is 0.469 e. The van der Waals surface area contributed by atoms with E-state index in [1.165, 1.54) is 25.7 Å². The van der Waals surface area contributed by atoms with Gasteiger partial charge in [0.15, 0.2) is 0 Å². The van der Waals surface area contributed by atoms with Crippen LogP contribution in [0.4, 0.5) is 0 Å². The molecule has 0 fully saturated rings. The zero-order valence-electron chi connectivity index (χ0n) is 16.4. The van der Waals surface area contributed by atoms with Crippen LogP contribution in [0.3, 0.4) is 0 Å². The van der Waals surface area contributed by atoms with Crippen molar-refractivity contribution in [1.29, 1.82) is 0 Å². The highest BCUT2D eigenvalue weighted by molar-refractivity contribution is 7.46. The molecule has 28 heavy (non-hydrogen) atoms. The van der Waals surface area contributed by atoms with E-state index in [4.69, 9.17) is 20.3 Å². The highest BCUT2D eigenvalue weighted by atomic mass is 31.2. The summed E-state index contributed by atoms with van der Waals surface area (Å²) in [5.74, 6) is 1.20. The van der Waals surface area contributed by atoms with Crippen molar-refractivity contribution in [3.63, 3.8) is 0 Å². The van der Waals surface area contributed by atoms with E-state index in [1.54, 1.807) is 13.1 Å². The Bertz CT molecular complexity index is 770. The highest BCUT2D eigenvalue weighted by Crippen LogP contribution is 2.37. The maximum atomic E-state index is 10.9. The summed E-state index contributed by atoms with van der Waals surface area (Å²) in [6.07, 6.45) is 7.62. The van der Waals surface area contributed by atoms with Gasteiger partial charge in [0.1, 0.15) is 11.6 Å². The van der Waals surface area contributed by atoms with Gasteiger partial charge in [0.2, 0.25) is 0 Å². The number of phosphoric ester groups is 1. The maximum absolute atomic E-state index is 10.9. The topological polar surface area (TPSA) is 131 Å². The number of aromatic nitrogens is 2. The van der Waals surface area contributed by atoms with Crippen molar-refractivity contribution in [3.05, 3.63) is 36.3 Å². The maximum Gasteiger partial charge on any atom is 0.469 e. The molecule has 8 nitrogen and oxygen atoms in total. The van der Waals surface area contributed by atoms with Crippen molar-refractivity contribution in [2.45, 2.75) is 51.5 Å². The number of imidazole rings is 1. The fraction of sp³-hybridized carbons (Fsp3) is 0.526. The third kappa shape index (κ3) is 7.37. The van der Waals surface area contributed by atoms with E-state index in [0.29, 0.717) is 12.4 Å². The summed E-state index contributed by atoms with van der Waals surface area (Å²) in [5.41, 5.74) is 6.56. The lowest BCUT2D eigenvalue weighted by Crippen LogP contribution is -2.39. The average Bonchev–Trinajstić information content (AvgIpc) is 3.14. The standard InChI is InChI=1S/C19H30N3O5P/c1-3-4-5-6-7-12-26-16-10-8-15(9-11-16)17-13-21-18(22-17)19(2,20)14-27-28(23,24)25/h8-11,13H,3-7,12,14,20H2,1-2H3,(H,21,22)(H2,23,24,25)/t19-/m0/s1. The minimum absolute atomic E-state index is 0.366. The lowest BCUT2D eigenvalue weighted by atomic mass is 10.1. The van der Waals surface area contributed by atoms with Gasteiger partial charge in [-0.25, -0.2) is 9.55 Å². The first kappa shape index (κ1) is 22.6. The van der Waals surface area contributed by atoms with Crippen LogP contribution in [0.2, 0.25) is 0 Å². The molecule has 5 N–H and O–H groups in total. The van der Waals surface area contributed by atoms with Gasteiger partial charge in [-0.3, -0.25) is 4.52 Å². The Morgan fingerprint density at radius 2 is 1.86 bits per heavy atom. The van der Waals surface area contributed by atoms with Gasteiger partial charge in [-0.2, -0.15) is 0 Å². The van der Waals surface area contributed by atoms with Gasteiger partial charge >= 0.3 is 7.82 Å². The van der Waals surface area contributed by atoms with E-state index in [9.17, 15) is 4.57 Å². The number of phosphoric acid groups is 1. The van der Waals surface area contributed by atoms with E-state index in [0.717, 1.165) is 23.4 Å². The first-order valence-corrected chi connectivity index (χ1v) is 11.0. The Labute approximate surface area is 165 Å². The lowest BCUT2D eigenvalue weighted by Gasteiger charge is -2.22. The second kappa shape index (κ2) is 10.2. The molecule has 0 radical (unpaired) electrons. The van der Waals surface area contributed by atoms with Crippen LogP contribution in [0.25, 0.3) is 11.3 Å². The SMILES string of the molecule is CCCCCCCOc1ccc(-c2cnc([C@@](C)(N)COP(=O)(O)O)[nH]2)cc1. The fourth-order valence-electron chi connectivity index (χ4n) is 2.67. The van der Waals surface area contributed by atoms with Gasteiger partial charge in [-0.15, -0.1) is 0 Å². The number of H-pyrrole nitrogens is 1. The third-order valence-corrected chi connectivity index (χ3v) is 4.80. The monoisotopic (exact) mass is 411 g/mol. The number of nitrogens with one attached hydrogen (secondary N) is 1. The number of aromatic amines is 1. The van der Waals surface area contributed by atoms with E-state index in [2.05, 4.69) is 21.4 Å². The number of benzene rings is 1. The van der Waals surface area contributed by atoms with Crippen molar-refractivity contribution in [3.8, 4) is 17.0 Å². The van der Waals surface area contributed by atoms with Gasteiger partial charge < -0.3 is 25.2 Å². The molecular weight excluding hydrogens is 381 g/mol. The number of rotatable bonds is 12. The molecule has 1 aromatic carbocycles. The average molecular weight is 411 g/mol. The quantitative estimate of drug-likeness (QED) is 0.309. The van der Waals surface area contributed by atoms with Crippen LogP contribution in [0.1, 0.15) is 51.8 Å². The second-order valence-corrected chi connectivity index (χ2v) is 8.35. The van der Waals surface area contributed by atoms with Gasteiger partial charge in [0.25, 0.3) is 0 Å². The van der Waals surface area contributed by atoms with Crippen molar-refractivity contribution >= 4 is 7.82 Å². The molecule has 2 aromatic rings. The molecule has 9 heteroatoms. The lowest BCUT2D eigenvalue weighted by molar-refractivity contribution is 0.155. The summed E-state index contributed by atoms with van der Waals surface area (Å²) in [6, 6.07) is 7.65. The van der Waals surface area contributed by atoms with E-state index in [1.807, 2.05) is 24.3 Å². The van der Waals surface area contributed by atoms with Crippen molar-refractivity contribution in [1.82, 2.24) is 9.97 Å². The van der Waals surface area contributed by atoms with Gasteiger partial charge in [0, 0.05) is 0 Å². The zero-order valence-corrected chi connectivity index (χ0v) is 17.3. The molecule has 0 spiro atoms. The Hall–Kier alpha value is -1.70. The van der Waals surface area contributed by atoms with Crippen LogP contribution in [0, 0.1) is 0 Å². The van der Waals surface area contributed by atoms with Gasteiger partial charge in [-0.05, 0) is 43.2 Å². The first-order valence-electron chi connectivity index (χ1n) is 9.49. The number of unbranched alkanes of at least 4 members (excludes halogenated alkanes) is 4. The van der Waals surface area contributed by atoms with Crippen LogP contribution >= 0.6 is 7.82 Å². The number of hydrogen-bond donors (Lipinski definition) is 4. The van der Waals surface area contributed by atoms with Crippen molar-refractivity contribution in [2.75, 3.05) is 13.2 Å². The fourth-order valence-corrected chi connectivity index (χ4v) is 3.11. The summed E-state index contributed by atoms with van der Waals surface area (Å²) < 4.78 is 21.2. The minimum Gasteiger partial charge on any atom is -0.494 e. The Morgan fingerprint density at radius 3 is 2.50 bits per heavy atom. The molecule has 0 unspecified atom stereocenters. The number of ether oxygens (including phenoxy) is 1. The van der Waals surface area contributed by atoms with Crippen molar-refractivity contribution < 1.29 is 23.6 Å². The van der Waals surface area contributed by atoms with Gasteiger partial charge in [0.05, 0.1) is 30.6 Å². The normalized spacial score (nSPS) is 14.0. The summed E-state index contributed by atoms with van der Waals surface area (Å²) >= 11 is 0. The number of nitrogens with two attached hydrogens (primary N) is 1. The summed E-state index contributed by atoms with van der Waals surface area (Å²) in [4.78, 5) is 25.0. The van der Waals surface area contributed by atoms with Crippen LogP contribution in [0.5, 0.6) is 5.75 Å². The molecule has 0 saturated carbocycles. The van der Waals surface area contributed by atoms with Gasteiger partial charge in [-0.1, -0.05) is 32.6 Å². The molecule has 0 saturated heterocycles. The molecule has 2 rings (SSSR count). The van der Waals surface area contributed by atoms with Crippen LogP contribution in [0.15, 0.2) is 30.5 Å². The molecule has 156 valence electrons. The molecular formula is C19H30N3O5P. The molecule has 0 amide bonds. The zero-order chi connectivity index (χ0) is 20.6. The van der Waals surface area contributed by atoms with E-state index >= 15 is 0 Å². The molecule has 0 aliphatic rings. The minimum atomic E-state index is -4.59. The summed E-state index contributed by atoms with van der Waals surface area (Å²) in [7, 11) is -4.59. The predicted octanol–water partition coefficient (Wildman–Crippen LogP) is 3.71. The second-order valence-electron chi connectivity index (χ2n) is 7.11. The summed E-state index contributed by atoms with van der Waals surface area (Å²) in [5, 5.41) is 0. The van der Waals surface area contributed by atoms with Crippen LogP contribution in [-0.2, 0) is 14.6 Å². The molecule has 0 bridgehead atoms. The van der Waals surface area contributed by atoms with Crippen LogP contribution in [-0.4, -0.2) is 33.0 Å². The van der Waals surface area contributed by atoms with E-state index in [-0.39, 0.29) is 6.61 Å². The highest BCUT2D eigenvalue weighted by Gasteiger charge is 2.29.